The number of carboxylic acid groups (broad SMARTS) is 1. The van der Waals surface area contributed by atoms with Crippen molar-refractivity contribution >= 4 is 23.2 Å². The molecule has 1 aromatic rings. The van der Waals surface area contributed by atoms with Gasteiger partial charge >= 0.3 is 5.97 Å². The maximum absolute atomic E-state index is 11.6. The van der Waals surface area contributed by atoms with Crippen molar-refractivity contribution in [1.29, 1.82) is 0 Å². The topological polar surface area (TPSA) is 79.3 Å². The predicted octanol–water partition coefficient (Wildman–Crippen LogP) is 1.23. The molecule has 0 atom stereocenters. The molecule has 1 amide bonds. The van der Waals surface area contributed by atoms with Crippen molar-refractivity contribution in [2.45, 2.75) is 39.2 Å². The molecule has 0 fully saturated rings. The summed E-state index contributed by atoms with van der Waals surface area (Å²) in [7, 11) is 0. The maximum atomic E-state index is 11.6. The number of thiazole rings is 1. The lowest BCUT2D eigenvalue weighted by molar-refractivity contribution is -0.145. The highest BCUT2D eigenvalue weighted by Gasteiger charge is 2.28. The summed E-state index contributed by atoms with van der Waals surface area (Å²) < 4.78 is 0. The third kappa shape index (κ3) is 3.81. The lowest BCUT2D eigenvalue weighted by Crippen LogP contribution is -2.50. The van der Waals surface area contributed by atoms with Gasteiger partial charge in [-0.1, -0.05) is 6.92 Å². The van der Waals surface area contributed by atoms with Crippen molar-refractivity contribution in [2.75, 3.05) is 0 Å². The second-order valence-corrected chi connectivity index (χ2v) is 5.18. The smallest absolute Gasteiger partial charge is 0.328 e. The van der Waals surface area contributed by atoms with Gasteiger partial charge in [0.05, 0.1) is 17.1 Å². The number of rotatable bonds is 5. The molecule has 0 radical (unpaired) electrons. The minimum absolute atomic E-state index is 0.118. The van der Waals surface area contributed by atoms with E-state index in [9.17, 15) is 9.59 Å². The van der Waals surface area contributed by atoms with Crippen LogP contribution in [0.25, 0.3) is 0 Å². The van der Waals surface area contributed by atoms with Gasteiger partial charge < -0.3 is 10.4 Å². The molecule has 0 bridgehead atoms. The van der Waals surface area contributed by atoms with Gasteiger partial charge in [0.1, 0.15) is 5.54 Å². The number of carbonyl (C=O) groups excluding carboxylic acids is 1. The molecule has 0 saturated heterocycles. The molecule has 0 saturated carbocycles. The van der Waals surface area contributed by atoms with E-state index in [4.69, 9.17) is 5.11 Å². The monoisotopic (exact) mass is 256 g/mol. The summed E-state index contributed by atoms with van der Waals surface area (Å²) in [5.74, 6) is -1.39. The summed E-state index contributed by atoms with van der Waals surface area (Å²) in [4.78, 5) is 26.7. The van der Waals surface area contributed by atoms with Crippen molar-refractivity contribution < 1.29 is 14.7 Å². The average Bonchev–Trinajstić information content (AvgIpc) is 2.64. The lowest BCUT2D eigenvalue weighted by Gasteiger charge is -2.20. The standard InChI is InChI=1S/C11H16N2O3S/c1-4-9-12-7(6-17-9)5-8(14)13-11(2,3)10(15)16/h6H,4-5H2,1-3H3,(H,13,14)(H,15,16). The zero-order chi connectivity index (χ0) is 13.1. The second kappa shape index (κ2) is 5.27. The van der Waals surface area contributed by atoms with Gasteiger partial charge in [-0.15, -0.1) is 11.3 Å². The zero-order valence-electron chi connectivity index (χ0n) is 10.1. The summed E-state index contributed by atoms with van der Waals surface area (Å²) >= 11 is 1.51. The van der Waals surface area contributed by atoms with E-state index in [0.717, 1.165) is 11.4 Å². The normalized spacial score (nSPS) is 11.2. The number of carboxylic acids is 1. The summed E-state index contributed by atoms with van der Waals surface area (Å²) in [6, 6.07) is 0. The van der Waals surface area contributed by atoms with Crippen LogP contribution in [0.2, 0.25) is 0 Å². The van der Waals surface area contributed by atoms with E-state index < -0.39 is 11.5 Å². The van der Waals surface area contributed by atoms with Gasteiger partial charge in [-0.25, -0.2) is 9.78 Å². The Labute approximate surface area is 104 Å². The Morgan fingerprint density at radius 3 is 2.65 bits per heavy atom. The third-order valence-electron chi connectivity index (χ3n) is 2.23. The Morgan fingerprint density at radius 1 is 1.53 bits per heavy atom. The fourth-order valence-electron chi connectivity index (χ4n) is 1.20. The summed E-state index contributed by atoms with van der Waals surface area (Å²) in [5.41, 5.74) is -0.564. The van der Waals surface area contributed by atoms with E-state index in [-0.39, 0.29) is 12.3 Å². The number of carbonyl (C=O) groups is 2. The number of aliphatic carboxylic acids is 1. The number of aromatic nitrogens is 1. The number of amides is 1. The highest BCUT2D eigenvalue weighted by atomic mass is 32.1. The van der Waals surface area contributed by atoms with Gasteiger partial charge in [0, 0.05) is 5.38 Å². The highest BCUT2D eigenvalue weighted by molar-refractivity contribution is 7.09. The van der Waals surface area contributed by atoms with E-state index in [1.807, 2.05) is 12.3 Å². The SMILES string of the molecule is CCc1nc(CC(=O)NC(C)(C)C(=O)O)cs1. The third-order valence-corrected chi connectivity index (χ3v) is 3.27. The Morgan fingerprint density at radius 2 is 2.18 bits per heavy atom. The van der Waals surface area contributed by atoms with Crippen molar-refractivity contribution in [3.63, 3.8) is 0 Å². The first-order valence-electron chi connectivity index (χ1n) is 5.33. The molecule has 17 heavy (non-hydrogen) atoms. The van der Waals surface area contributed by atoms with Gasteiger partial charge in [0.25, 0.3) is 0 Å². The van der Waals surface area contributed by atoms with E-state index in [1.165, 1.54) is 25.2 Å². The van der Waals surface area contributed by atoms with Crippen LogP contribution in [0.3, 0.4) is 0 Å². The van der Waals surface area contributed by atoms with Crippen molar-refractivity contribution in [3.05, 3.63) is 16.1 Å². The first-order chi connectivity index (χ1) is 7.85. The Hall–Kier alpha value is -1.43. The number of nitrogens with zero attached hydrogens (tertiary/aromatic N) is 1. The highest BCUT2D eigenvalue weighted by Crippen LogP contribution is 2.11. The van der Waals surface area contributed by atoms with E-state index in [0.29, 0.717) is 5.69 Å². The largest absolute Gasteiger partial charge is 0.480 e. The zero-order valence-corrected chi connectivity index (χ0v) is 10.9. The van der Waals surface area contributed by atoms with E-state index >= 15 is 0 Å². The van der Waals surface area contributed by atoms with Crippen LogP contribution in [0.15, 0.2) is 5.38 Å². The molecular weight excluding hydrogens is 240 g/mol. The number of hydrogen-bond donors (Lipinski definition) is 2. The Bertz CT molecular complexity index is 426. The summed E-state index contributed by atoms with van der Waals surface area (Å²) in [5, 5.41) is 14.1. The molecule has 1 rings (SSSR count). The molecule has 0 aliphatic carbocycles. The molecule has 94 valence electrons. The Balaban J connectivity index is 2.58. The van der Waals surface area contributed by atoms with Crippen LogP contribution in [-0.4, -0.2) is 27.5 Å². The van der Waals surface area contributed by atoms with Crippen LogP contribution in [0.4, 0.5) is 0 Å². The van der Waals surface area contributed by atoms with Gasteiger partial charge in [-0.3, -0.25) is 4.79 Å². The second-order valence-electron chi connectivity index (χ2n) is 4.24. The Kier molecular flexibility index (Phi) is 4.22. The number of nitrogens with one attached hydrogen (secondary N) is 1. The molecule has 5 nitrogen and oxygen atoms in total. The minimum Gasteiger partial charge on any atom is -0.480 e. The van der Waals surface area contributed by atoms with Crippen LogP contribution >= 0.6 is 11.3 Å². The molecule has 0 unspecified atom stereocenters. The quantitative estimate of drug-likeness (QED) is 0.830. The molecule has 0 aliphatic rings. The van der Waals surface area contributed by atoms with Crippen LogP contribution in [0.5, 0.6) is 0 Å². The van der Waals surface area contributed by atoms with Gasteiger partial charge in [-0.2, -0.15) is 0 Å². The summed E-state index contributed by atoms with van der Waals surface area (Å²) in [6.07, 6.45) is 0.958. The van der Waals surface area contributed by atoms with E-state index in [1.54, 1.807) is 0 Å². The van der Waals surface area contributed by atoms with Crippen LogP contribution in [0.1, 0.15) is 31.5 Å². The fourth-order valence-corrected chi connectivity index (χ4v) is 1.95. The van der Waals surface area contributed by atoms with Crippen molar-refractivity contribution in [2.24, 2.45) is 0 Å². The van der Waals surface area contributed by atoms with Gasteiger partial charge in [0.15, 0.2) is 0 Å². The molecule has 1 heterocycles. The number of aryl methyl sites for hydroxylation is 1. The molecule has 0 aromatic carbocycles. The first kappa shape index (κ1) is 13.6. The molecule has 2 N–H and O–H groups in total. The number of hydrogen-bond acceptors (Lipinski definition) is 4. The van der Waals surface area contributed by atoms with Crippen LogP contribution in [0, 0.1) is 0 Å². The lowest BCUT2D eigenvalue weighted by atomic mass is 10.1. The van der Waals surface area contributed by atoms with E-state index in [2.05, 4.69) is 10.3 Å². The molecule has 1 aromatic heterocycles. The van der Waals surface area contributed by atoms with Crippen molar-refractivity contribution in [1.82, 2.24) is 10.3 Å². The van der Waals surface area contributed by atoms with Crippen LogP contribution in [-0.2, 0) is 22.4 Å². The molecule has 6 heteroatoms. The van der Waals surface area contributed by atoms with Crippen LogP contribution < -0.4 is 5.32 Å². The summed E-state index contributed by atoms with van der Waals surface area (Å²) in [6.45, 7) is 4.90. The molecular formula is C11H16N2O3S. The average molecular weight is 256 g/mol. The predicted molar refractivity (Wildman–Crippen MR) is 65.1 cm³/mol. The molecule has 0 aliphatic heterocycles. The van der Waals surface area contributed by atoms with Gasteiger partial charge in [-0.05, 0) is 20.3 Å². The fraction of sp³-hybridized carbons (Fsp3) is 0.545. The van der Waals surface area contributed by atoms with Crippen molar-refractivity contribution in [3.8, 4) is 0 Å². The van der Waals surface area contributed by atoms with Gasteiger partial charge in [0.2, 0.25) is 5.91 Å². The maximum Gasteiger partial charge on any atom is 0.328 e. The minimum atomic E-state index is -1.25. The first-order valence-corrected chi connectivity index (χ1v) is 6.20. The molecule has 0 spiro atoms.